The first kappa shape index (κ1) is 64.8. The Bertz CT molecular complexity index is 1580. The summed E-state index contributed by atoms with van der Waals surface area (Å²) in [4.78, 5) is 13.2. The molecule has 3 rings (SSSR count). The number of hydrogen-bond donors (Lipinski definition) is 12. The highest BCUT2D eigenvalue weighted by molar-refractivity contribution is 5.76. The van der Waals surface area contributed by atoms with Crippen molar-refractivity contribution in [1.29, 1.82) is 0 Å². The lowest BCUT2D eigenvalue weighted by Gasteiger charge is -2.48. The lowest BCUT2D eigenvalue weighted by Crippen LogP contribution is -2.66. The highest BCUT2D eigenvalue weighted by Crippen LogP contribution is 2.33. The lowest BCUT2D eigenvalue weighted by molar-refractivity contribution is -0.379. The molecule has 0 bridgehead atoms. The molecule has 0 aromatic rings. The fourth-order valence-corrected chi connectivity index (χ4v) is 8.87. The van der Waals surface area contributed by atoms with E-state index >= 15 is 0 Å². The van der Waals surface area contributed by atoms with E-state index in [2.05, 4.69) is 79.9 Å². The van der Waals surface area contributed by atoms with Gasteiger partial charge in [0.05, 0.1) is 38.6 Å². The van der Waals surface area contributed by atoms with Gasteiger partial charge >= 0.3 is 0 Å². The number of carbonyl (C=O) groups is 1. The van der Waals surface area contributed by atoms with Gasteiger partial charge in [0.25, 0.3) is 0 Å². The monoisotopic (exact) mass is 1040 g/mol. The minimum absolute atomic E-state index is 0.240. The Kier molecular flexibility index (Phi) is 33.8. The number of aliphatic hydroxyl groups is 11. The molecule has 17 unspecified atom stereocenters. The van der Waals surface area contributed by atoms with Crippen LogP contribution in [0.15, 0.2) is 60.8 Å². The fraction of sp³-hybridized carbons (Fsp3) is 0.796. The Morgan fingerprint density at radius 3 is 1.48 bits per heavy atom. The van der Waals surface area contributed by atoms with Crippen molar-refractivity contribution in [3.63, 3.8) is 0 Å². The molecule has 3 fully saturated rings. The smallest absolute Gasteiger partial charge is 0.220 e. The number of allylic oxidation sites excluding steroid dienone is 10. The van der Waals surface area contributed by atoms with Crippen molar-refractivity contribution in [1.82, 2.24) is 5.32 Å². The van der Waals surface area contributed by atoms with Crippen molar-refractivity contribution >= 4 is 5.91 Å². The van der Waals surface area contributed by atoms with Crippen molar-refractivity contribution in [2.24, 2.45) is 0 Å². The number of rotatable bonds is 37. The molecule has 17 atom stereocenters. The molecule has 3 heterocycles. The van der Waals surface area contributed by atoms with Gasteiger partial charge in [-0.15, -0.1) is 0 Å². The molecule has 0 aliphatic carbocycles. The van der Waals surface area contributed by atoms with Crippen molar-refractivity contribution in [2.45, 2.75) is 247 Å². The molecule has 0 spiro atoms. The summed E-state index contributed by atoms with van der Waals surface area (Å²) in [5, 5.41) is 120. The Morgan fingerprint density at radius 1 is 0.507 bits per heavy atom. The number of hydrogen-bond acceptors (Lipinski definition) is 18. The van der Waals surface area contributed by atoms with Crippen LogP contribution in [0.5, 0.6) is 0 Å². The lowest BCUT2D eigenvalue weighted by atomic mass is 9.96. The van der Waals surface area contributed by atoms with E-state index in [0.29, 0.717) is 19.3 Å². The van der Waals surface area contributed by atoms with Crippen LogP contribution >= 0.6 is 0 Å². The normalized spacial score (nSPS) is 32.2. The number of ether oxygens (including phenoxy) is 6. The first-order chi connectivity index (χ1) is 35.3. The van der Waals surface area contributed by atoms with Crippen LogP contribution in [-0.4, -0.2) is 193 Å². The van der Waals surface area contributed by atoms with Gasteiger partial charge in [-0.3, -0.25) is 4.79 Å². The fourth-order valence-electron chi connectivity index (χ4n) is 8.87. The van der Waals surface area contributed by atoms with Gasteiger partial charge in [-0.2, -0.15) is 0 Å². The van der Waals surface area contributed by atoms with E-state index in [9.17, 15) is 61.0 Å². The number of unbranched alkanes of at least 4 members (excludes halogenated alkanes) is 11. The molecule has 19 heteroatoms. The molecule has 422 valence electrons. The number of nitrogens with one attached hydrogen (secondary N) is 1. The van der Waals surface area contributed by atoms with E-state index in [1.807, 2.05) is 0 Å². The molecule has 73 heavy (non-hydrogen) atoms. The highest BCUT2D eigenvalue weighted by Gasteiger charge is 2.53. The summed E-state index contributed by atoms with van der Waals surface area (Å²) in [6.45, 7) is 1.56. The average Bonchev–Trinajstić information content (AvgIpc) is 3.39. The molecule has 19 nitrogen and oxygen atoms in total. The Hall–Kier alpha value is -2.51. The maximum atomic E-state index is 13.2. The molecular weight excluding hydrogens is 951 g/mol. The zero-order chi connectivity index (χ0) is 53.4. The molecular formula is C54H93NO18. The minimum Gasteiger partial charge on any atom is -0.394 e. The molecule has 0 aromatic heterocycles. The van der Waals surface area contributed by atoms with Crippen LogP contribution in [0.2, 0.25) is 0 Å². The van der Waals surface area contributed by atoms with Gasteiger partial charge in [-0.05, 0) is 57.8 Å². The molecule has 0 radical (unpaired) electrons. The largest absolute Gasteiger partial charge is 0.394 e. The van der Waals surface area contributed by atoms with Crippen LogP contribution < -0.4 is 5.32 Å². The average molecular weight is 1040 g/mol. The van der Waals surface area contributed by atoms with E-state index in [1.54, 1.807) is 0 Å². The maximum absolute atomic E-state index is 13.2. The van der Waals surface area contributed by atoms with Crippen LogP contribution in [0, 0.1) is 0 Å². The number of aliphatic hydroxyl groups excluding tert-OH is 11. The first-order valence-corrected chi connectivity index (χ1v) is 27.0. The summed E-state index contributed by atoms with van der Waals surface area (Å²) >= 11 is 0. The van der Waals surface area contributed by atoms with Crippen LogP contribution in [0.1, 0.15) is 142 Å². The van der Waals surface area contributed by atoms with E-state index in [4.69, 9.17) is 28.4 Å². The molecule has 3 saturated heterocycles. The number of amides is 1. The molecule has 0 saturated carbocycles. The van der Waals surface area contributed by atoms with Crippen molar-refractivity contribution in [3.05, 3.63) is 60.8 Å². The topological polar surface area (TPSA) is 307 Å². The molecule has 0 aromatic carbocycles. The first-order valence-electron chi connectivity index (χ1n) is 27.0. The van der Waals surface area contributed by atoms with Gasteiger partial charge in [0.15, 0.2) is 18.9 Å². The maximum Gasteiger partial charge on any atom is 0.220 e. The summed E-state index contributed by atoms with van der Waals surface area (Å²) in [7, 11) is 0. The van der Waals surface area contributed by atoms with E-state index in [-0.39, 0.29) is 18.9 Å². The predicted octanol–water partition coefficient (Wildman–Crippen LogP) is 2.92. The van der Waals surface area contributed by atoms with E-state index in [0.717, 1.165) is 96.3 Å². The third-order valence-corrected chi connectivity index (χ3v) is 13.4. The third-order valence-electron chi connectivity index (χ3n) is 13.4. The van der Waals surface area contributed by atoms with Gasteiger partial charge < -0.3 is 89.9 Å². The summed E-state index contributed by atoms with van der Waals surface area (Å²) in [6, 6.07) is -0.897. The van der Waals surface area contributed by atoms with Gasteiger partial charge in [-0.25, -0.2) is 0 Å². The third kappa shape index (κ3) is 23.3. The Labute approximate surface area is 433 Å². The van der Waals surface area contributed by atoms with Crippen molar-refractivity contribution < 1.29 is 89.4 Å². The second-order valence-electron chi connectivity index (χ2n) is 19.3. The summed E-state index contributed by atoms with van der Waals surface area (Å²) < 4.78 is 34.1. The molecule has 3 aliphatic rings. The van der Waals surface area contributed by atoms with Crippen molar-refractivity contribution in [3.8, 4) is 0 Å². The van der Waals surface area contributed by atoms with Crippen LogP contribution in [0.3, 0.4) is 0 Å². The quantitative estimate of drug-likeness (QED) is 0.0315. The minimum atomic E-state index is -1.97. The highest BCUT2D eigenvalue weighted by atomic mass is 16.8. The van der Waals surface area contributed by atoms with E-state index < -0.39 is 124 Å². The summed E-state index contributed by atoms with van der Waals surface area (Å²) in [5.41, 5.74) is 0. The van der Waals surface area contributed by atoms with Crippen LogP contribution in [0.25, 0.3) is 0 Å². The predicted molar refractivity (Wildman–Crippen MR) is 272 cm³/mol. The summed E-state index contributed by atoms with van der Waals surface area (Å²) in [6.07, 6.45) is 13.5. The van der Waals surface area contributed by atoms with E-state index in [1.165, 1.54) is 6.42 Å². The van der Waals surface area contributed by atoms with Gasteiger partial charge in [-0.1, -0.05) is 139 Å². The Morgan fingerprint density at radius 2 is 0.945 bits per heavy atom. The molecule has 12 N–H and O–H groups in total. The second-order valence-corrected chi connectivity index (χ2v) is 19.3. The van der Waals surface area contributed by atoms with Gasteiger partial charge in [0, 0.05) is 6.42 Å². The second kappa shape index (κ2) is 38.1. The van der Waals surface area contributed by atoms with Crippen molar-refractivity contribution in [2.75, 3.05) is 26.4 Å². The van der Waals surface area contributed by atoms with Crippen LogP contribution in [-0.2, 0) is 33.2 Å². The van der Waals surface area contributed by atoms with Gasteiger partial charge in [0.2, 0.25) is 5.91 Å². The van der Waals surface area contributed by atoms with Gasteiger partial charge in [0.1, 0.15) is 73.2 Å². The Balaban J connectivity index is 1.48. The standard InChI is InChI=1S/C54H93NO18/c1-3-5-7-9-11-12-13-14-15-16-17-18-19-20-21-22-23-24-26-28-30-32-42(60)55-37(38(59)31-29-27-25-10-8-6-4-2)36-68-52-48(66)45(63)50(40(34-57)70-52)73-54-49(67)46(64)51(41(35-58)71-54)72-53-47(65)44(62)43(61)39(33-56)69-53/h5,7,11-12,14-15,17-18,20-21,37-41,43-54,56-59,61-67H,3-4,6,8-10,13,16,19,22-36H2,1-2H3,(H,55,60)/b7-5-,12-11-,15-14-,18-17-,21-20-. The summed E-state index contributed by atoms with van der Waals surface area (Å²) in [5.74, 6) is -0.270. The molecule has 1 amide bonds. The molecule has 3 aliphatic heterocycles. The number of carbonyl (C=O) groups excluding carboxylic acids is 1. The zero-order valence-corrected chi connectivity index (χ0v) is 43.3. The SMILES string of the molecule is CC/C=C\C/C=C\C/C=C\C/C=C\C/C=C\CCCCCCCC(=O)NC(COC1OC(CO)C(OC2OC(CO)C(OC3OC(CO)C(O)C(O)C3O)C(O)C2O)C(O)C1O)C(O)CCCCCCCCC. The van der Waals surface area contributed by atoms with Crippen LogP contribution in [0.4, 0.5) is 0 Å². The zero-order valence-electron chi connectivity index (χ0n) is 43.3.